The number of phenols is 1. The van der Waals surface area contributed by atoms with Crippen LogP contribution in [0.2, 0.25) is 5.02 Å². The van der Waals surface area contributed by atoms with E-state index in [4.69, 9.17) is 20.8 Å². The first-order valence-electron chi connectivity index (χ1n) is 10.4. The molecule has 2 heterocycles. The van der Waals surface area contributed by atoms with Crippen molar-refractivity contribution in [3.05, 3.63) is 104 Å². The summed E-state index contributed by atoms with van der Waals surface area (Å²) in [5, 5.41) is 10.8. The molecule has 0 aliphatic carbocycles. The van der Waals surface area contributed by atoms with Gasteiger partial charge in [0.25, 0.3) is 5.91 Å². The smallest absolute Gasteiger partial charge is 0.291 e. The van der Waals surface area contributed by atoms with Gasteiger partial charge in [0.05, 0.1) is 24.1 Å². The van der Waals surface area contributed by atoms with Gasteiger partial charge in [-0.1, -0.05) is 47.5 Å². The van der Waals surface area contributed by atoms with Crippen LogP contribution in [0.4, 0.5) is 0 Å². The highest BCUT2D eigenvalue weighted by Crippen LogP contribution is 2.41. The number of carbonyl (C=O) groups excluding carboxylic acids is 1. The lowest BCUT2D eigenvalue weighted by atomic mass is 9.97. The summed E-state index contributed by atoms with van der Waals surface area (Å²) in [5.41, 5.74) is 2.88. The number of rotatable bonds is 4. The zero-order chi connectivity index (χ0) is 23.3. The number of nitrogens with zero attached hydrogens (tertiary/aromatic N) is 1. The lowest BCUT2D eigenvalue weighted by molar-refractivity contribution is 0.0714. The molecule has 1 aliphatic heterocycles. The van der Waals surface area contributed by atoms with Crippen LogP contribution in [0, 0.1) is 6.92 Å². The van der Waals surface area contributed by atoms with Crippen LogP contribution < -0.4 is 10.2 Å². The number of methoxy groups -OCH3 is 1. The van der Waals surface area contributed by atoms with Crippen molar-refractivity contribution in [1.29, 1.82) is 0 Å². The molecule has 33 heavy (non-hydrogen) atoms. The van der Waals surface area contributed by atoms with Gasteiger partial charge in [-0.05, 0) is 48.4 Å². The minimum absolute atomic E-state index is 0.0129. The first-order valence-corrected chi connectivity index (χ1v) is 10.7. The molecule has 0 unspecified atom stereocenters. The zero-order valence-corrected chi connectivity index (χ0v) is 18.7. The number of aromatic hydroxyl groups is 1. The number of carbonyl (C=O) groups is 1. The Balaban J connectivity index is 1.73. The van der Waals surface area contributed by atoms with Crippen LogP contribution in [0.3, 0.4) is 0 Å². The second-order valence-electron chi connectivity index (χ2n) is 8.07. The molecule has 5 rings (SSSR count). The fourth-order valence-corrected chi connectivity index (χ4v) is 4.43. The number of aryl methyl sites for hydroxylation is 1. The first-order chi connectivity index (χ1) is 15.9. The predicted molar refractivity (Wildman–Crippen MR) is 125 cm³/mol. The Hall–Kier alpha value is -3.77. The molecule has 1 N–H and O–H groups in total. The van der Waals surface area contributed by atoms with Crippen molar-refractivity contribution < 1.29 is 19.1 Å². The molecule has 0 fully saturated rings. The van der Waals surface area contributed by atoms with E-state index in [0.717, 1.165) is 11.1 Å². The van der Waals surface area contributed by atoms with E-state index in [-0.39, 0.29) is 40.7 Å². The number of hydrogen-bond acceptors (Lipinski definition) is 5. The van der Waals surface area contributed by atoms with Gasteiger partial charge in [-0.15, -0.1) is 0 Å². The lowest BCUT2D eigenvalue weighted by Gasteiger charge is -2.25. The number of phenolic OH excluding ortho intramolecular Hbond substituents is 1. The summed E-state index contributed by atoms with van der Waals surface area (Å²) in [6.45, 7) is 2.26. The molecule has 0 saturated carbocycles. The third-order valence-electron chi connectivity index (χ3n) is 5.92. The molecule has 166 valence electrons. The quantitative estimate of drug-likeness (QED) is 0.451. The molecule has 0 bridgehead atoms. The maximum absolute atomic E-state index is 13.6. The molecule has 0 saturated heterocycles. The number of fused-ring (bicyclic) bond motifs is 2. The monoisotopic (exact) mass is 461 g/mol. The molecule has 0 spiro atoms. The summed E-state index contributed by atoms with van der Waals surface area (Å²) in [6, 6.07) is 16.7. The van der Waals surface area contributed by atoms with Crippen molar-refractivity contribution in [1.82, 2.24) is 4.90 Å². The van der Waals surface area contributed by atoms with Gasteiger partial charge in [-0.2, -0.15) is 0 Å². The SMILES string of the molecule is COc1cc([C@@H]2c3c(oc4ccc(Cl)cc4c3=O)C(=O)N2Cc2ccc(C)cc2)ccc1O. The predicted octanol–water partition coefficient (Wildman–Crippen LogP) is 5.21. The standard InChI is InChI=1S/C26H20ClNO5/c1-14-3-5-15(6-4-14)13-28-23(16-7-9-19(29)21(11-16)32-2)22-24(30)18-12-17(27)8-10-20(18)33-25(22)26(28)31/h3-12,23,29H,13H2,1-2H3/t23-/m1/s1. The molecule has 4 aromatic rings. The maximum Gasteiger partial charge on any atom is 0.291 e. The summed E-state index contributed by atoms with van der Waals surface area (Å²) in [6.07, 6.45) is 0. The molecule has 1 aliphatic rings. The number of hydrogen-bond donors (Lipinski definition) is 1. The summed E-state index contributed by atoms with van der Waals surface area (Å²) in [5.74, 6) is -0.152. The van der Waals surface area contributed by atoms with E-state index in [1.165, 1.54) is 13.2 Å². The summed E-state index contributed by atoms with van der Waals surface area (Å²) in [7, 11) is 1.44. The fraction of sp³-hybridized carbons (Fsp3) is 0.154. The van der Waals surface area contributed by atoms with Crippen molar-refractivity contribution in [2.45, 2.75) is 19.5 Å². The molecular weight excluding hydrogens is 442 g/mol. The van der Waals surface area contributed by atoms with Gasteiger partial charge < -0.3 is 19.2 Å². The molecule has 1 atom stereocenters. The van der Waals surface area contributed by atoms with Crippen LogP contribution in [0.1, 0.15) is 38.9 Å². The third kappa shape index (κ3) is 3.52. The zero-order valence-electron chi connectivity index (χ0n) is 18.0. The van der Waals surface area contributed by atoms with E-state index in [0.29, 0.717) is 21.6 Å². The van der Waals surface area contributed by atoms with E-state index in [2.05, 4.69) is 0 Å². The summed E-state index contributed by atoms with van der Waals surface area (Å²) >= 11 is 6.13. The molecule has 3 aromatic carbocycles. The second-order valence-corrected chi connectivity index (χ2v) is 8.50. The Morgan fingerprint density at radius 1 is 1.06 bits per heavy atom. The molecule has 1 amide bonds. The van der Waals surface area contributed by atoms with Gasteiger partial charge in [0.15, 0.2) is 16.9 Å². The maximum atomic E-state index is 13.6. The van der Waals surface area contributed by atoms with Crippen molar-refractivity contribution in [3.8, 4) is 11.5 Å². The van der Waals surface area contributed by atoms with E-state index in [9.17, 15) is 14.7 Å². The van der Waals surface area contributed by atoms with Crippen LogP contribution in [0.15, 0.2) is 69.9 Å². The molecule has 0 radical (unpaired) electrons. The Kier molecular flexibility index (Phi) is 5.10. The van der Waals surface area contributed by atoms with Crippen LogP contribution >= 0.6 is 11.6 Å². The molecule has 1 aromatic heterocycles. The second kappa shape index (κ2) is 7.98. The lowest BCUT2D eigenvalue weighted by Crippen LogP contribution is -2.29. The van der Waals surface area contributed by atoms with Crippen LogP contribution in [0.25, 0.3) is 11.0 Å². The summed E-state index contributed by atoms with van der Waals surface area (Å²) in [4.78, 5) is 28.7. The Morgan fingerprint density at radius 2 is 1.82 bits per heavy atom. The molecule has 6 nitrogen and oxygen atoms in total. The minimum atomic E-state index is -0.720. The Labute approximate surface area is 194 Å². The molecular formula is C26H20ClNO5. The number of halogens is 1. The summed E-state index contributed by atoms with van der Waals surface area (Å²) < 4.78 is 11.2. The topological polar surface area (TPSA) is 80.0 Å². The third-order valence-corrected chi connectivity index (χ3v) is 6.16. The first kappa shape index (κ1) is 21.1. The van der Waals surface area contributed by atoms with Crippen LogP contribution in [-0.2, 0) is 6.54 Å². The van der Waals surface area contributed by atoms with Gasteiger partial charge in [0.2, 0.25) is 5.76 Å². The van der Waals surface area contributed by atoms with Gasteiger partial charge in [-0.3, -0.25) is 9.59 Å². The largest absolute Gasteiger partial charge is 0.504 e. The van der Waals surface area contributed by atoms with Gasteiger partial charge >= 0.3 is 0 Å². The highest BCUT2D eigenvalue weighted by molar-refractivity contribution is 6.31. The number of amides is 1. The van der Waals surface area contributed by atoms with E-state index in [1.54, 1.807) is 35.2 Å². The highest BCUT2D eigenvalue weighted by atomic mass is 35.5. The Bertz CT molecular complexity index is 1460. The normalized spacial score (nSPS) is 15.2. The van der Waals surface area contributed by atoms with E-state index < -0.39 is 6.04 Å². The van der Waals surface area contributed by atoms with E-state index >= 15 is 0 Å². The van der Waals surface area contributed by atoms with Gasteiger partial charge in [0, 0.05) is 11.6 Å². The number of benzene rings is 3. The Morgan fingerprint density at radius 3 is 2.55 bits per heavy atom. The fourth-order valence-electron chi connectivity index (χ4n) is 4.26. The molecule has 7 heteroatoms. The average Bonchev–Trinajstić information content (AvgIpc) is 3.08. The van der Waals surface area contributed by atoms with Crippen molar-refractivity contribution in [3.63, 3.8) is 0 Å². The van der Waals surface area contributed by atoms with Gasteiger partial charge in [0.1, 0.15) is 5.58 Å². The minimum Gasteiger partial charge on any atom is -0.504 e. The van der Waals surface area contributed by atoms with Crippen molar-refractivity contribution >= 4 is 28.5 Å². The average molecular weight is 462 g/mol. The highest BCUT2D eigenvalue weighted by Gasteiger charge is 2.43. The van der Waals surface area contributed by atoms with Gasteiger partial charge in [-0.25, -0.2) is 0 Å². The van der Waals surface area contributed by atoms with Crippen molar-refractivity contribution in [2.75, 3.05) is 7.11 Å². The number of ether oxygens (including phenoxy) is 1. The van der Waals surface area contributed by atoms with Crippen molar-refractivity contribution in [2.24, 2.45) is 0 Å². The van der Waals surface area contributed by atoms with E-state index in [1.807, 2.05) is 31.2 Å². The van der Waals surface area contributed by atoms with Crippen LogP contribution in [-0.4, -0.2) is 23.0 Å². The van der Waals surface area contributed by atoms with Crippen LogP contribution in [0.5, 0.6) is 11.5 Å².